The van der Waals surface area contributed by atoms with Crippen LogP contribution in [-0.4, -0.2) is 93.8 Å². The molecule has 5 aliphatic heterocycles. The van der Waals surface area contributed by atoms with Crippen LogP contribution in [0, 0.1) is 23.7 Å². The van der Waals surface area contributed by atoms with E-state index in [1.807, 2.05) is 27.7 Å². The zero-order chi connectivity index (χ0) is 25.3. The Kier molecular flexibility index (Phi) is 6.70. The summed E-state index contributed by atoms with van der Waals surface area (Å²) in [5.74, 6) is -2.99. The Hall–Kier alpha value is -0.930. The lowest BCUT2D eigenvalue weighted by molar-refractivity contribution is -0.579. The van der Waals surface area contributed by atoms with Gasteiger partial charge in [-0.25, -0.2) is 14.6 Å². The van der Waals surface area contributed by atoms with Crippen molar-refractivity contribution in [2.24, 2.45) is 23.7 Å². The predicted octanol–water partition coefficient (Wildman–Crippen LogP) is 0.118. The molecule has 6 fully saturated rings. The van der Waals surface area contributed by atoms with Gasteiger partial charge in [0.05, 0.1) is 6.10 Å². The lowest BCUT2D eigenvalue weighted by atomic mass is 9.57. The Morgan fingerprint density at radius 1 is 1.00 bits per heavy atom. The van der Waals surface area contributed by atoms with E-state index in [0.717, 1.165) is 0 Å². The van der Waals surface area contributed by atoms with E-state index in [1.165, 1.54) is 0 Å². The van der Waals surface area contributed by atoms with Gasteiger partial charge in [-0.1, -0.05) is 13.8 Å². The maximum Gasteiger partial charge on any atom is 0.335 e. The second-order valence-electron chi connectivity index (χ2n) is 10.7. The van der Waals surface area contributed by atoms with E-state index in [9.17, 15) is 25.2 Å². The first-order chi connectivity index (χ1) is 16.5. The summed E-state index contributed by atoms with van der Waals surface area (Å²) < 4.78 is 30.0. The normalized spacial score (nSPS) is 55.7. The van der Waals surface area contributed by atoms with E-state index in [1.54, 1.807) is 0 Å². The lowest BCUT2D eigenvalue weighted by Gasteiger charge is -2.61. The van der Waals surface area contributed by atoms with Crippen molar-refractivity contribution in [1.82, 2.24) is 0 Å². The van der Waals surface area contributed by atoms with Crippen molar-refractivity contribution in [2.45, 2.75) is 108 Å². The minimum atomic E-state index is -1.78. The van der Waals surface area contributed by atoms with E-state index in [0.29, 0.717) is 25.9 Å². The summed E-state index contributed by atoms with van der Waals surface area (Å²) in [6.45, 7) is 8.16. The van der Waals surface area contributed by atoms with Crippen molar-refractivity contribution < 1.29 is 58.7 Å². The van der Waals surface area contributed by atoms with Crippen LogP contribution in [0.3, 0.4) is 0 Å². The molecule has 5 saturated heterocycles. The molecule has 0 aromatic heterocycles. The number of carbonyl (C=O) groups is 1. The number of aliphatic hydroxyl groups is 3. The SMILES string of the molecule is CCO[C@H]1O[C@@H]2O[C@]3(C)CC[C@H]4[C@H](C)[C@@H](O[C@@H]5O[C@H](C(=O)O)[C@@H](O)[C@H](O)[C@H]5O)C[C@@H]([C@H]1C)[C@@]24OO3. The molecular formula is C23H36O12. The molecule has 1 spiro atoms. The molecule has 0 aromatic carbocycles. The highest BCUT2D eigenvalue weighted by molar-refractivity contribution is 5.73. The summed E-state index contributed by atoms with van der Waals surface area (Å²) in [7, 11) is 0. The molecule has 0 aromatic rings. The lowest BCUT2D eigenvalue weighted by Crippen LogP contribution is -2.72. The average molecular weight is 505 g/mol. The van der Waals surface area contributed by atoms with E-state index in [2.05, 4.69) is 0 Å². The number of hydrogen-bond acceptors (Lipinski definition) is 11. The second kappa shape index (κ2) is 9.12. The van der Waals surface area contributed by atoms with Crippen LogP contribution >= 0.6 is 0 Å². The van der Waals surface area contributed by atoms with E-state index >= 15 is 0 Å². The fourth-order valence-corrected chi connectivity index (χ4v) is 6.68. The molecule has 14 atom stereocenters. The number of hydrogen-bond donors (Lipinski definition) is 4. The van der Waals surface area contributed by atoms with Gasteiger partial charge < -0.3 is 44.1 Å². The molecule has 1 aliphatic carbocycles. The predicted molar refractivity (Wildman–Crippen MR) is 113 cm³/mol. The van der Waals surface area contributed by atoms with E-state index < -0.39 is 66.7 Å². The third kappa shape index (κ3) is 3.94. The standard InChI is InChI=1S/C23H36O12/c1-5-29-19-10(3)12-8-13(30-20-16(26)14(24)15(25)17(31-20)18(27)28)9(2)11-6-7-22(4)33-21(32-19)23(11,12)35-34-22/h9-17,19-21,24-26H,5-8H2,1-4H3,(H,27,28)/t9-,10+,11-,12-,13-,14-,15-,16+,17-,19-,20+,21+,22-,23+/m0/s1. The molecule has 1 saturated carbocycles. The Labute approximate surface area is 203 Å². The van der Waals surface area contributed by atoms with Gasteiger partial charge in [0.2, 0.25) is 5.79 Å². The van der Waals surface area contributed by atoms with Crippen LogP contribution in [0.4, 0.5) is 0 Å². The highest BCUT2D eigenvalue weighted by Gasteiger charge is 2.71. The number of aliphatic hydroxyl groups excluding tert-OH is 3. The van der Waals surface area contributed by atoms with Gasteiger partial charge in [0.25, 0.3) is 0 Å². The Balaban J connectivity index is 1.45. The largest absolute Gasteiger partial charge is 0.479 e. The first kappa shape index (κ1) is 25.7. The summed E-state index contributed by atoms with van der Waals surface area (Å²) >= 11 is 0. The Bertz CT molecular complexity index is 811. The molecule has 12 heteroatoms. The summed E-state index contributed by atoms with van der Waals surface area (Å²) in [4.78, 5) is 23.5. The minimum absolute atomic E-state index is 0.114. The van der Waals surface area contributed by atoms with Crippen LogP contribution < -0.4 is 0 Å². The van der Waals surface area contributed by atoms with Gasteiger partial charge >= 0.3 is 5.97 Å². The van der Waals surface area contributed by atoms with Crippen LogP contribution in [0.5, 0.6) is 0 Å². The van der Waals surface area contributed by atoms with Crippen LogP contribution in [0.15, 0.2) is 0 Å². The maximum absolute atomic E-state index is 11.5. The van der Waals surface area contributed by atoms with E-state index in [-0.39, 0.29) is 23.7 Å². The monoisotopic (exact) mass is 504 g/mol. The van der Waals surface area contributed by atoms with Gasteiger partial charge in [-0.2, -0.15) is 0 Å². The molecule has 200 valence electrons. The van der Waals surface area contributed by atoms with Crippen LogP contribution in [-0.2, 0) is 38.3 Å². The molecule has 6 aliphatic rings. The summed E-state index contributed by atoms with van der Waals surface area (Å²) in [5, 5.41) is 40.2. The summed E-state index contributed by atoms with van der Waals surface area (Å²) in [6.07, 6.45) is -8.31. The van der Waals surface area contributed by atoms with Crippen molar-refractivity contribution in [2.75, 3.05) is 6.61 Å². The Morgan fingerprint density at radius 3 is 2.43 bits per heavy atom. The number of carboxylic acids is 1. The van der Waals surface area contributed by atoms with Gasteiger partial charge in [0.15, 0.2) is 30.6 Å². The number of fused-ring (bicyclic) bond motifs is 2. The summed E-state index contributed by atoms with van der Waals surface area (Å²) in [6, 6.07) is 0. The number of aliphatic carboxylic acids is 1. The molecule has 4 N–H and O–H groups in total. The van der Waals surface area contributed by atoms with Crippen molar-refractivity contribution >= 4 is 5.97 Å². The zero-order valence-corrected chi connectivity index (χ0v) is 20.3. The van der Waals surface area contributed by atoms with Crippen LogP contribution in [0.25, 0.3) is 0 Å². The third-order valence-electron chi connectivity index (χ3n) is 8.64. The van der Waals surface area contributed by atoms with Gasteiger partial charge in [-0.3, -0.25) is 0 Å². The van der Waals surface area contributed by atoms with Gasteiger partial charge in [0.1, 0.15) is 18.3 Å². The van der Waals surface area contributed by atoms with Gasteiger partial charge in [-0.15, -0.1) is 0 Å². The molecule has 12 nitrogen and oxygen atoms in total. The van der Waals surface area contributed by atoms with Crippen molar-refractivity contribution in [3.8, 4) is 0 Å². The van der Waals surface area contributed by atoms with E-state index in [4.69, 9.17) is 33.5 Å². The minimum Gasteiger partial charge on any atom is -0.479 e. The van der Waals surface area contributed by atoms with Crippen molar-refractivity contribution in [3.05, 3.63) is 0 Å². The number of ether oxygens (including phenoxy) is 5. The van der Waals surface area contributed by atoms with Gasteiger partial charge in [-0.05, 0) is 32.6 Å². The molecule has 0 unspecified atom stereocenters. The quantitative estimate of drug-likeness (QED) is 0.375. The molecule has 6 rings (SSSR count). The zero-order valence-electron chi connectivity index (χ0n) is 20.3. The molecular weight excluding hydrogens is 468 g/mol. The highest BCUT2D eigenvalue weighted by atomic mass is 17.3. The first-order valence-electron chi connectivity index (χ1n) is 12.4. The molecule has 0 amide bonds. The number of carboxylic acid groups (broad SMARTS) is 1. The molecule has 2 bridgehead atoms. The first-order valence-corrected chi connectivity index (χ1v) is 12.4. The van der Waals surface area contributed by atoms with Crippen molar-refractivity contribution in [1.29, 1.82) is 0 Å². The second-order valence-corrected chi connectivity index (χ2v) is 10.7. The maximum atomic E-state index is 11.5. The highest BCUT2D eigenvalue weighted by Crippen LogP contribution is 2.61. The van der Waals surface area contributed by atoms with Crippen molar-refractivity contribution in [3.63, 3.8) is 0 Å². The van der Waals surface area contributed by atoms with Crippen LogP contribution in [0.1, 0.15) is 47.0 Å². The molecule has 5 heterocycles. The fourth-order valence-electron chi connectivity index (χ4n) is 6.68. The van der Waals surface area contributed by atoms with Crippen LogP contribution in [0.2, 0.25) is 0 Å². The van der Waals surface area contributed by atoms with Gasteiger partial charge in [0, 0.05) is 30.8 Å². The smallest absolute Gasteiger partial charge is 0.335 e. The molecule has 0 radical (unpaired) electrons. The average Bonchev–Trinajstić information content (AvgIpc) is 3.04. The molecule has 35 heavy (non-hydrogen) atoms. The fraction of sp³-hybridized carbons (Fsp3) is 0.957. The summed E-state index contributed by atoms with van der Waals surface area (Å²) in [5.41, 5.74) is -0.895. The topological polar surface area (TPSA) is 163 Å². The third-order valence-corrected chi connectivity index (χ3v) is 8.64. The Morgan fingerprint density at radius 2 is 1.74 bits per heavy atom. The number of rotatable bonds is 5.